The molecule has 0 saturated heterocycles. The van der Waals surface area contributed by atoms with Crippen molar-refractivity contribution in [3.05, 3.63) is 65.9 Å². The van der Waals surface area contributed by atoms with E-state index < -0.39 is 0 Å². The molecule has 0 aliphatic carbocycles. The van der Waals surface area contributed by atoms with Crippen molar-refractivity contribution in [3.63, 3.8) is 0 Å². The van der Waals surface area contributed by atoms with Gasteiger partial charge in [0.05, 0.1) is 12.7 Å². The van der Waals surface area contributed by atoms with Gasteiger partial charge in [0, 0.05) is 11.8 Å². The Morgan fingerprint density at radius 3 is 2.50 bits per heavy atom. The van der Waals surface area contributed by atoms with E-state index in [0.717, 1.165) is 0 Å². The highest BCUT2D eigenvalue weighted by molar-refractivity contribution is 6.06. The fraction of sp³-hybridized carbons (Fsp3) is 0.150. The van der Waals surface area contributed by atoms with Gasteiger partial charge < -0.3 is 24.6 Å². The van der Waals surface area contributed by atoms with E-state index in [9.17, 15) is 9.59 Å². The summed E-state index contributed by atoms with van der Waals surface area (Å²) in [6.07, 6.45) is 0. The number of amides is 2. The van der Waals surface area contributed by atoms with Crippen LogP contribution in [0.25, 0.3) is 0 Å². The maximum absolute atomic E-state index is 12.4. The minimum absolute atomic E-state index is 0.182. The number of carbonyl (C=O) groups excluding carboxylic acids is 2. The molecule has 0 aliphatic heterocycles. The van der Waals surface area contributed by atoms with Crippen molar-refractivity contribution >= 4 is 23.3 Å². The van der Waals surface area contributed by atoms with Crippen LogP contribution in [0.15, 0.2) is 59.1 Å². The fourth-order valence-electron chi connectivity index (χ4n) is 2.42. The second kappa shape index (κ2) is 8.72. The monoisotopic (exact) mass is 381 g/mol. The van der Waals surface area contributed by atoms with E-state index in [1.807, 2.05) is 0 Å². The first-order chi connectivity index (χ1) is 13.5. The summed E-state index contributed by atoms with van der Waals surface area (Å²) in [5.41, 5.74) is 1.02. The molecule has 144 valence electrons. The molecule has 2 aromatic carbocycles. The van der Waals surface area contributed by atoms with Crippen LogP contribution in [-0.4, -0.2) is 30.7 Å². The highest BCUT2D eigenvalue weighted by Gasteiger charge is 2.12. The standard InChI is InChI=1S/C20H19N3O5/c1-13-11-18(23-28-13)22-19(24)12-27-15-9-7-14(8-10-15)21-20(25)16-5-3-4-6-17(16)26-2/h3-11H,12H2,1-2H3,(H,21,25)(H,22,23,24). The molecule has 0 spiro atoms. The van der Waals surface area contributed by atoms with Crippen molar-refractivity contribution < 1.29 is 23.6 Å². The molecule has 8 heteroatoms. The van der Waals surface area contributed by atoms with Crippen LogP contribution in [0.1, 0.15) is 16.1 Å². The molecule has 1 heterocycles. The number of nitrogens with one attached hydrogen (secondary N) is 2. The predicted molar refractivity (Wildman–Crippen MR) is 103 cm³/mol. The molecule has 0 aliphatic rings. The number of carbonyl (C=O) groups is 2. The molecule has 0 fully saturated rings. The second-order valence-corrected chi connectivity index (χ2v) is 5.84. The van der Waals surface area contributed by atoms with Crippen LogP contribution in [-0.2, 0) is 4.79 Å². The highest BCUT2D eigenvalue weighted by Crippen LogP contribution is 2.20. The molecule has 0 radical (unpaired) electrons. The van der Waals surface area contributed by atoms with Crippen LogP contribution in [0.3, 0.4) is 0 Å². The lowest BCUT2D eigenvalue weighted by Crippen LogP contribution is -2.20. The summed E-state index contributed by atoms with van der Waals surface area (Å²) in [5.74, 6) is 1.27. The lowest BCUT2D eigenvalue weighted by Gasteiger charge is -2.10. The molecular formula is C20H19N3O5. The summed E-state index contributed by atoms with van der Waals surface area (Å²) in [7, 11) is 1.51. The maximum Gasteiger partial charge on any atom is 0.263 e. The van der Waals surface area contributed by atoms with Gasteiger partial charge in [0.15, 0.2) is 12.4 Å². The average molecular weight is 381 g/mol. The minimum atomic E-state index is -0.359. The first kappa shape index (κ1) is 19.0. The summed E-state index contributed by atoms with van der Waals surface area (Å²) in [6.45, 7) is 1.55. The number of hydrogen-bond acceptors (Lipinski definition) is 6. The van der Waals surface area contributed by atoms with Gasteiger partial charge in [-0.25, -0.2) is 0 Å². The second-order valence-electron chi connectivity index (χ2n) is 5.84. The number of methoxy groups -OCH3 is 1. The number of anilines is 2. The Balaban J connectivity index is 1.53. The molecule has 0 atom stereocenters. The molecule has 3 aromatic rings. The Hall–Kier alpha value is -3.81. The van der Waals surface area contributed by atoms with Gasteiger partial charge in [-0.2, -0.15) is 0 Å². The van der Waals surface area contributed by atoms with Gasteiger partial charge in [0.25, 0.3) is 11.8 Å². The molecule has 0 unspecified atom stereocenters. The number of nitrogens with zero attached hydrogens (tertiary/aromatic N) is 1. The van der Waals surface area contributed by atoms with Crippen molar-refractivity contribution in [2.45, 2.75) is 6.92 Å². The van der Waals surface area contributed by atoms with Gasteiger partial charge in [-0.1, -0.05) is 17.3 Å². The van der Waals surface area contributed by atoms with Gasteiger partial charge in [0.2, 0.25) is 0 Å². The van der Waals surface area contributed by atoms with E-state index in [-0.39, 0.29) is 18.4 Å². The maximum atomic E-state index is 12.4. The number of rotatable bonds is 7. The predicted octanol–water partition coefficient (Wildman–Crippen LogP) is 3.26. The topological polar surface area (TPSA) is 103 Å². The quantitative estimate of drug-likeness (QED) is 0.651. The molecule has 2 N–H and O–H groups in total. The highest BCUT2D eigenvalue weighted by atomic mass is 16.5. The van der Waals surface area contributed by atoms with Crippen LogP contribution in [0.2, 0.25) is 0 Å². The minimum Gasteiger partial charge on any atom is -0.496 e. The van der Waals surface area contributed by atoms with Gasteiger partial charge >= 0.3 is 0 Å². The van der Waals surface area contributed by atoms with Crippen molar-refractivity contribution in [2.24, 2.45) is 0 Å². The van der Waals surface area contributed by atoms with Gasteiger partial charge in [-0.3, -0.25) is 9.59 Å². The zero-order valence-electron chi connectivity index (χ0n) is 15.4. The Labute approximate surface area is 161 Å². The third kappa shape index (κ3) is 4.88. The molecule has 0 saturated carbocycles. The van der Waals surface area contributed by atoms with Crippen LogP contribution in [0.5, 0.6) is 11.5 Å². The van der Waals surface area contributed by atoms with Gasteiger partial charge in [-0.05, 0) is 43.3 Å². The van der Waals surface area contributed by atoms with Crippen LogP contribution >= 0.6 is 0 Å². The SMILES string of the molecule is COc1ccccc1C(=O)Nc1ccc(OCC(=O)Nc2cc(C)on2)cc1. The molecule has 0 bridgehead atoms. The number of ether oxygens (including phenoxy) is 2. The zero-order chi connectivity index (χ0) is 19.9. The van der Waals surface area contributed by atoms with Crippen LogP contribution in [0.4, 0.5) is 11.5 Å². The first-order valence-electron chi connectivity index (χ1n) is 8.45. The van der Waals surface area contributed by atoms with E-state index in [0.29, 0.717) is 34.3 Å². The molecule has 1 aromatic heterocycles. The Morgan fingerprint density at radius 1 is 1.07 bits per heavy atom. The van der Waals surface area contributed by atoms with E-state index in [1.54, 1.807) is 61.5 Å². The molecule has 3 rings (SSSR count). The van der Waals surface area contributed by atoms with Crippen molar-refractivity contribution in [1.82, 2.24) is 5.16 Å². The third-order valence-electron chi connectivity index (χ3n) is 3.73. The molecule has 8 nitrogen and oxygen atoms in total. The smallest absolute Gasteiger partial charge is 0.263 e. The number of benzene rings is 2. The number of hydrogen-bond donors (Lipinski definition) is 2. The zero-order valence-corrected chi connectivity index (χ0v) is 15.4. The molecule has 28 heavy (non-hydrogen) atoms. The summed E-state index contributed by atoms with van der Waals surface area (Å²) in [6, 6.07) is 15.2. The van der Waals surface area contributed by atoms with E-state index in [1.165, 1.54) is 7.11 Å². The van der Waals surface area contributed by atoms with Gasteiger partial charge in [0.1, 0.15) is 17.3 Å². The van der Waals surface area contributed by atoms with Crippen LogP contribution in [0, 0.1) is 6.92 Å². The summed E-state index contributed by atoms with van der Waals surface area (Å²) in [4.78, 5) is 24.2. The molecule has 2 amide bonds. The van der Waals surface area contributed by atoms with Crippen molar-refractivity contribution in [2.75, 3.05) is 24.4 Å². The number of aromatic nitrogens is 1. The van der Waals surface area contributed by atoms with E-state index >= 15 is 0 Å². The third-order valence-corrected chi connectivity index (χ3v) is 3.73. The summed E-state index contributed by atoms with van der Waals surface area (Å²) >= 11 is 0. The first-order valence-corrected chi connectivity index (χ1v) is 8.45. The normalized spacial score (nSPS) is 10.2. The Kier molecular flexibility index (Phi) is 5.91. The lowest BCUT2D eigenvalue weighted by molar-refractivity contribution is -0.118. The lowest BCUT2D eigenvalue weighted by atomic mass is 10.2. The van der Waals surface area contributed by atoms with Gasteiger partial charge in [-0.15, -0.1) is 0 Å². The van der Waals surface area contributed by atoms with E-state index in [2.05, 4.69) is 15.8 Å². The Bertz CT molecular complexity index is 966. The fourth-order valence-corrected chi connectivity index (χ4v) is 2.42. The van der Waals surface area contributed by atoms with Crippen LogP contribution < -0.4 is 20.1 Å². The largest absolute Gasteiger partial charge is 0.496 e. The summed E-state index contributed by atoms with van der Waals surface area (Å²) < 4.78 is 15.5. The average Bonchev–Trinajstić information content (AvgIpc) is 3.11. The summed E-state index contributed by atoms with van der Waals surface area (Å²) in [5, 5.41) is 9.02. The molecular weight excluding hydrogens is 362 g/mol. The number of para-hydroxylation sites is 1. The van der Waals surface area contributed by atoms with E-state index in [4.69, 9.17) is 14.0 Å². The van der Waals surface area contributed by atoms with Crippen molar-refractivity contribution in [1.29, 1.82) is 0 Å². The number of aryl methyl sites for hydroxylation is 1. The van der Waals surface area contributed by atoms with Crippen molar-refractivity contribution in [3.8, 4) is 11.5 Å². The Morgan fingerprint density at radius 2 is 1.82 bits per heavy atom.